The summed E-state index contributed by atoms with van der Waals surface area (Å²) in [6.07, 6.45) is 11.8. The van der Waals surface area contributed by atoms with Crippen LogP contribution < -0.4 is 0 Å². The number of fused-ring (bicyclic) bond motifs is 5. The van der Waals surface area contributed by atoms with E-state index >= 15 is 0 Å². The molecule has 344 valence electrons. The van der Waals surface area contributed by atoms with E-state index in [9.17, 15) is 0 Å². The summed E-state index contributed by atoms with van der Waals surface area (Å²) in [5.41, 5.74) is 10.3. The topological polar surface area (TPSA) is 0 Å². The molecule has 10 rings (SSSR count). The third kappa shape index (κ3) is 8.62. The summed E-state index contributed by atoms with van der Waals surface area (Å²) in [4.78, 5) is 9.43. The van der Waals surface area contributed by atoms with Gasteiger partial charge < -0.3 is 0 Å². The maximum Gasteiger partial charge on any atom is 0.0719 e. The zero-order chi connectivity index (χ0) is 48.2. The predicted molar refractivity (Wildman–Crippen MR) is 298 cm³/mol. The molecule has 0 aliphatic heterocycles. The van der Waals surface area contributed by atoms with Gasteiger partial charge in [0, 0.05) is 19.6 Å². The lowest BCUT2D eigenvalue weighted by Crippen LogP contribution is -2.28. The maximum absolute atomic E-state index is 2.62. The van der Waals surface area contributed by atoms with Crippen LogP contribution in [0.1, 0.15) is 66.5 Å². The van der Waals surface area contributed by atoms with Gasteiger partial charge in [-0.15, -0.1) is 10.0 Å². The second kappa shape index (κ2) is 22.5. The summed E-state index contributed by atoms with van der Waals surface area (Å²) in [5, 5.41) is 0. The Bertz CT molecular complexity index is 2800. The lowest BCUT2D eigenvalue weighted by molar-refractivity contribution is 0.771. The van der Waals surface area contributed by atoms with Crippen molar-refractivity contribution in [2.75, 3.05) is 6.26 Å². The lowest BCUT2D eigenvalue weighted by Gasteiger charge is -2.43. The quantitative estimate of drug-likeness (QED) is 0.135. The van der Waals surface area contributed by atoms with Crippen LogP contribution in [0.2, 0.25) is 0 Å². The van der Waals surface area contributed by atoms with Gasteiger partial charge in [0.15, 0.2) is 0 Å². The van der Waals surface area contributed by atoms with Crippen molar-refractivity contribution in [3.05, 3.63) is 282 Å². The Hall–Kier alpha value is -6.58. The van der Waals surface area contributed by atoms with Gasteiger partial charge in [0.1, 0.15) is 0 Å². The van der Waals surface area contributed by atoms with E-state index < -0.39 is 25.5 Å². The SMILES string of the molecule is C/C=C\C1=C(C)C(C)=C(/C=C\C)C12c1cc(S(C)(c3ccccc3)c3ccccc3)ccc1-c1ccc(S(c3ccccc3)(c3ccccc3)c3ccccc3)cc12.CC.CC.c1ccccc1. The van der Waals surface area contributed by atoms with Gasteiger partial charge in [-0.05, 0) is 178 Å². The molecule has 0 aromatic heterocycles. The first-order valence-corrected chi connectivity index (χ1v) is 27.9. The van der Waals surface area contributed by atoms with Crippen molar-refractivity contribution in [2.24, 2.45) is 0 Å². The highest BCUT2D eigenvalue weighted by Gasteiger charge is 2.52. The van der Waals surface area contributed by atoms with Crippen LogP contribution in [-0.4, -0.2) is 6.26 Å². The summed E-state index contributed by atoms with van der Waals surface area (Å²) in [7, 11) is -3.54. The molecule has 1 spiro atoms. The van der Waals surface area contributed by atoms with Gasteiger partial charge in [-0.25, -0.2) is 0 Å². The van der Waals surface area contributed by atoms with Gasteiger partial charge in [-0.2, -0.15) is 10.0 Å². The minimum absolute atomic E-state index is 0.507. The van der Waals surface area contributed by atoms with Crippen molar-refractivity contribution < 1.29 is 0 Å². The fourth-order valence-corrected chi connectivity index (χ4v) is 16.9. The van der Waals surface area contributed by atoms with Crippen LogP contribution in [0.5, 0.6) is 0 Å². The predicted octanol–water partition coefficient (Wildman–Crippen LogP) is 19.7. The molecule has 0 amide bonds. The van der Waals surface area contributed by atoms with E-state index in [1.54, 1.807) is 0 Å². The number of rotatable bonds is 9. The molecule has 0 bridgehead atoms. The van der Waals surface area contributed by atoms with Gasteiger partial charge in [0.05, 0.1) is 5.41 Å². The minimum Gasteiger partial charge on any atom is -0.163 e. The second-order valence-corrected chi connectivity index (χ2v) is 22.9. The van der Waals surface area contributed by atoms with E-state index in [1.165, 1.54) is 78.8 Å². The minimum atomic E-state index is -1.92. The van der Waals surface area contributed by atoms with E-state index in [2.05, 4.69) is 246 Å². The van der Waals surface area contributed by atoms with E-state index in [-0.39, 0.29) is 0 Å². The Morgan fingerprint density at radius 2 is 0.618 bits per heavy atom. The summed E-state index contributed by atoms with van der Waals surface area (Å²) in [6, 6.07) is 83.1. The third-order valence-corrected chi connectivity index (χ3v) is 20.7. The Kier molecular flexibility index (Phi) is 16.3. The van der Waals surface area contributed by atoms with E-state index in [1.807, 2.05) is 64.1 Å². The highest BCUT2D eigenvalue weighted by molar-refractivity contribution is 8.34. The molecule has 0 radical (unpaired) electrons. The molecule has 0 heterocycles. The van der Waals surface area contributed by atoms with Gasteiger partial charge in [0.25, 0.3) is 0 Å². The van der Waals surface area contributed by atoms with Gasteiger partial charge in [-0.3, -0.25) is 0 Å². The number of hydrogen-bond donors (Lipinski definition) is 0. The van der Waals surface area contributed by atoms with Crippen LogP contribution in [0.4, 0.5) is 0 Å². The molecule has 0 saturated heterocycles. The first-order chi connectivity index (χ1) is 33.4. The number of hydrogen-bond acceptors (Lipinski definition) is 0. The van der Waals surface area contributed by atoms with E-state index in [4.69, 9.17) is 0 Å². The van der Waals surface area contributed by atoms with E-state index in [0.29, 0.717) is 0 Å². The van der Waals surface area contributed by atoms with Crippen LogP contribution in [0.15, 0.2) is 305 Å². The van der Waals surface area contributed by atoms with Crippen LogP contribution in [0.3, 0.4) is 0 Å². The van der Waals surface area contributed by atoms with Crippen molar-refractivity contribution in [3.63, 3.8) is 0 Å². The smallest absolute Gasteiger partial charge is 0.0719 e. The van der Waals surface area contributed by atoms with Crippen molar-refractivity contribution in [1.82, 2.24) is 0 Å². The summed E-state index contributed by atoms with van der Waals surface area (Å²) in [6.45, 7) is 17.0. The van der Waals surface area contributed by atoms with Crippen LogP contribution >= 0.6 is 20.1 Å². The average molecular weight is 925 g/mol. The molecule has 68 heavy (non-hydrogen) atoms. The fraction of sp³-hybridized carbons (Fsp3) is 0.152. The van der Waals surface area contributed by atoms with Gasteiger partial charge >= 0.3 is 0 Å². The zero-order valence-corrected chi connectivity index (χ0v) is 43.1. The Morgan fingerprint density at radius 3 is 0.941 bits per heavy atom. The van der Waals surface area contributed by atoms with Crippen molar-refractivity contribution in [2.45, 2.75) is 95.1 Å². The van der Waals surface area contributed by atoms with Crippen LogP contribution in [0.25, 0.3) is 11.1 Å². The molecule has 0 unspecified atom stereocenters. The first-order valence-electron chi connectivity index (χ1n) is 24.3. The fourth-order valence-electron chi connectivity index (χ4n) is 10.1. The monoisotopic (exact) mass is 924 g/mol. The summed E-state index contributed by atoms with van der Waals surface area (Å²) < 4.78 is 0. The molecule has 2 heteroatoms. The molecule has 2 aliphatic rings. The molecule has 0 saturated carbocycles. The lowest BCUT2D eigenvalue weighted by atomic mass is 9.68. The Morgan fingerprint density at radius 1 is 0.338 bits per heavy atom. The number of benzene rings is 8. The standard InChI is InChI=1S/C56H50S2.C6H6.2C2H6/c1-6-23-52-41(3)42(4)53(24-7-2)56(52)54-39-48(57(5,43-25-13-8-14-26-43)44-27-15-9-16-28-44)35-37-50(54)51-38-36-49(40-55(51)56)58(45-29-17-10-18-30-45,46-31-19-11-20-32-46)47-33-21-12-22-34-47;1-2-4-6-5-3-1;2*1-2/h6-40H,1-5H3;1-6H;2*1-2H3/b23-6-,24-7-;;;. The normalized spacial score (nSPS) is 14.0. The van der Waals surface area contributed by atoms with E-state index in [0.717, 1.165) is 0 Å². The zero-order valence-electron chi connectivity index (χ0n) is 41.5. The largest absolute Gasteiger partial charge is 0.163 e. The molecule has 2 aliphatic carbocycles. The van der Waals surface area contributed by atoms with Crippen LogP contribution in [-0.2, 0) is 5.41 Å². The van der Waals surface area contributed by atoms with Gasteiger partial charge in [0.2, 0.25) is 0 Å². The van der Waals surface area contributed by atoms with Crippen molar-refractivity contribution in [1.29, 1.82) is 0 Å². The Labute approximate surface area is 412 Å². The molecule has 0 nitrogen and oxygen atoms in total. The molecule has 0 N–H and O–H groups in total. The number of allylic oxidation sites excluding steroid dienone is 8. The maximum atomic E-state index is 2.62. The van der Waals surface area contributed by atoms with Gasteiger partial charge in [-0.1, -0.05) is 192 Å². The molecule has 8 aromatic carbocycles. The molecule has 0 fully saturated rings. The van der Waals surface area contributed by atoms with Crippen molar-refractivity contribution in [3.8, 4) is 11.1 Å². The third-order valence-electron chi connectivity index (χ3n) is 13.1. The van der Waals surface area contributed by atoms with Crippen LogP contribution in [0, 0.1) is 0 Å². The average Bonchev–Trinajstić information content (AvgIpc) is 3.82. The highest BCUT2D eigenvalue weighted by Crippen LogP contribution is 2.75. The molecule has 8 aromatic rings. The molecular formula is C66H68S2. The summed E-state index contributed by atoms with van der Waals surface area (Å²) in [5.74, 6) is 0. The molecular weight excluding hydrogens is 857 g/mol. The summed E-state index contributed by atoms with van der Waals surface area (Å²) >= 11 is 0. The Balaban J connectivity index is 0.000000622. The highest BCUT2D eigenvalue weighted by atomic mass is 32.3. The van der Waals surface area contributed by atoms with Crippen molar-refractivity contribution >= 4 is 20.1 Å². The molecule has 0 atom stereocenters. The first kappa shape index (κ1) is 49.3. The second-order valence-electron chi connectivity index (χ2n) is 16.5.